The molecule has 0 aromatic carbocycles. The summed E-state index contributed by atoms with van der Waals surface area (Å²) in [7, 11) is 1.72. The van der Waals surface area contributed by atoms with Gasteiger partial charge in [-0.3, -0.25) is 14.5 Å². The van der Waals surface area contributed by atoms with E-state index in [1.165, 1.54) is 0 Å². The summed E-state index contributed by atoms with van der Waals surface area (Å²) in [6.45, 7) is 8.66. The van der Waals surface area contributed by atoms with Gasteiger partial charge in [-0.05, 0) is 26.8 Å². The van der Waals surface area contributed by atoms with Crippen LogP contribution in [0.15, 0.2) is 0 Å². The third-order valence-corrected chi connectivity index (χ3v) is 1.89. The lowest BCUT2D eigenvalue weighted by atomic mass is 10.2. The van der Waals surface area contributed by atoms with Gasteiger partial charge in [-0.15, -0.1) is 0 Å². The van der Waals surface area contributed by atoms with Gasteiger partial charge >= 0.3 is 5.97 Å². The third kappa shape index (κ3) is 9.81. The minimum absolute atomic E-state index is 0.0708. The molecule has 100 valence electrons. The number of esters is 1. The van der Waals surface area contributed by atoms with E-state index < -0.39 is 0 Å². The number of amides is 1. The van der Waals surface area contributed by atoms with E-state index in [0.717, 1.165) is 0 Å². The summed E-state index contributed by atoms with van der Waals surface area (Å²) in [5.74, 6) is 0.0490. The molecule has 0 saturated carbocycles. The van der Waals surface area contributed by atoms with Gasteiger partial charge in [-0.1, -0.05) is 13.8 Å². The molecule has 0 fully saturated rings. The molecule has 17 heavy (non-hydrogen) atoms. The van der Waals surface area contributed by atoms with Crippen LogP contribution in [-0.2, 0) is 14.3 Å². The van der Waals surface area contributed by atoms with E-state index in [-0.39, 0.29) is 31.1 Å². The number of nitrogens with zero attached hydrogens (tertiary/aromatic N) is 1. The first kappa shape index (κ1) is 15.9. The number of hydrogen-bond acceptors (Lipinski definition) is 4. The summed E-state index contributed by atoms with van der Waals surface area (Å²) in [5.41, 5.74) is 0. The summed E-state index contributed by atoms with van der Waals surface area (Å²) in [5, 5.41) is 2.79. The Morgan fingerprint density at radius 1 is 1.18 bits per heavy atom. The highest BCUT2D eigenvalue weighted by atomic mass is 16.5. The average Bonchev–Trinajstić information content (AvgIpc) is 2.12. The SMILES string of the molecule is CC(C)CNC(=O)CN(C)CC(=O)OC(C)C. The minimum Gasteiger partial charge on any atom is -0.462 e. The van der Waals surface area contributed by atoms with Crippen LogP contribution in [0.5, 0.6) is 0 Å². The fourth-order valence-corrected chi connectivity index (χ4v) is 1.20. The molecule has 0 saturated heterocycles. The second-order valence-corrected chi connectivity index (χ2v) is 4.91. The molecule has 0 unspecified atom stereocenters. The van der Waals surface area contributed by atoms with E-state index in [0.29, 0.717) is 12.5 Å². The zero-order valence-corrected chi connectivity index (χ0v) is 11.4. The molecular weight excluding hydrogens is 220 g/mol. The monoisotopic (exact) mass is 244 g/mol. The summed E-state index contributed by atoms with van der Waals surface area (Å²) in [6.07, 6.45) is -0.120. The molecule has 0 aliphatic rings. The average molecular weight is 244 g/mol. The highest BCUT2D eigenvalue weighted by Gasteiger charge is 2.12. The Kier molecular flexibility index (Phi) is 7.54. The van der Waals surface area contributed by atoms with Crippen molar-refractivity contribution in [2.24, 2.45) is 5.92 Å². The maximum absolute atomic E-state index is 11.5. The molecule has 5 nitrogen and oxygen atoms in total. The van der Waals surface area contributed by atoms with Crippen LogP contribution in [0.2, 0.25) is 0 Å². The molecule has 0 radical (unpaired) electrons. The maximum Gasteiger partial charge on any atom is 0.320 e. The first-order valence-electron chi connectivity index (χ1n) is 5.96. The Hall–Kier alpha value is -1.10. The van der Waals surface area contributed by atoms with Crippen molar-refractivity contribution >= 4 is 11.9 Å². The Bertz CT molecular complexity index is 252. The first-order chi connectivity index (χ1) is 7.81. The quantitative estimate of drug-likeness (QED) is 0.668. The molecule has 0 heterocycles. The zero-order valence-electron chi connectivity index (χ0n) is 11.4. The second kappa shape index (κ2) is 8.06. The van der Waals surface area contributed by atoms with Crippen LogP contribution in [0, 0.1) is 5.92 Å². The van der Waals surface area contributed by atoms with Crippen molar-refractivity contribution in [3.05, 3.63) is 0 Å². The van der Waals surface area contributed by atoms with Gasteiger partial charge in [-0.25, -0.2) is 0 Å². The van der Waals surface area contributed by atoms with Gasteiger partial charge in [0.15, 0.2) is 0 Å². The van der Waals surface area contributed by atoms with Crippen LogP contribution in [0.3, 0.4) is 0 Å². The highest BCUT2D eigenvalue weighted by molar-refractivity contribution is 5.79. The van der Waals surface area contributed by atoms with Crippen LogP contribution in [0.25, 0.3) is 0 Å². The highest BCUT2D eigenvalue weighted by Crippen LogP contribution is 1.92. The van der Waals surface area contributed by atoms with Crippen molar-refractivity contribution < 1.29 is 14.3 Å². The smallest absolute Gasteiger partial charge is 0.320 e. The summed E-state index contributed by atoms with van der Waals surface area (Å²) >= 11 is 0. The van der Waals surface area contributed by atoms with E-state index in [9.17, 15) is 9.59 Å². The maximum atomic E-state index is 11.5. The Balaban J connectivity index is 3.81. The lowest BCUT2D eigenvalue weighted by molar-refractivity contribution is -0.148. The summed E-state index contributed by atoms with van der Waals surface area (Å²) in [6, 6.07) is 0. The van der Waals surface area contributed by atoms with E-state index >= 15 is 0 Å². The minimum atomic E-state index is -0.306. The number of rotatable bonds is 7. The molecule has 0 aromatic heterocycles. The molecule has 1 amide bonds. The fourth-order valence-electron chi connectivity index (χ4n) is 1.20. The number of nitrogens with one attached hydrogen (secondary N) is 1. The van der Waals surface area contributed by atoms with Gasteiger partial charge < -0.3 is 10.1 Å². The second-order valence-electron chi connectivity index (χ2n) is 4.91. The van der Waals surface area contributed by atoms with Crippen LogP contribution in [-0.4, -0.2) is 49.6 Å². The zero-order chi connectivity index (χ0) is 13.4. The Morgan fingerprint density at radius 2 is 1.76 bits per heavy atom. The molecule has 0 aliphatic carbocycles. The number of likely N-dealkylation sites (N-methyl/N-ethyl adjacent to an activating group) is 1. The lowest BCUT2D eigenvalue weighted by Gasteiger charge is -2.17. The van der Waals surface area contributed by atoms with Crippen LogP contribution in [0.1, 0.15) is 27.7 Å². The third-order valence-electron chi connectivity index (χ3n) is 1.89. The molecule has 0 aliphatic heterocycles. The van der Waals surface area contributed by atoms with Crippen molar-refractivity contribution in [2.75, 3.05) is 26.7 Å². The van der Waals surface area contributed by atoms with Gasteiger partial charge in [0.05, 0.1) is 19.2 Å². The van der Waals surface area contributed by atoms with Crippen molar-refractivity contribution in [2.45, 2.75) is 33.8 Å². The summed E-state index contributed by atoms with van der Waals surface area (Å²) < 4.78 is 4.99. The van der Waals surface area contributed by atoms with Gasteiger partial charge in [-0.2, -0.15) is 0 Å². The van der Waals surface area contributed by atoms with Gasteiger partial charge in [0.2, 0.25) is 5.91 Å². The molecule has 5 heteroatoms. The predicted octanol–water partition coefficient (Wildman–Crippen LogP) is 0.642. The number of carbonyl (C=O) groups is 2. The van der Waals surface area contributed by atoms with E-state index in [1.54, 1.807) is 25.8 Å². The van der Waals surface area contributed by atoms with Crippen molar-refractivity contribution in [3.8, 4) is 0 Å². The molecule has 0 bridgehead atoms. The van der Waals surface area contributed by atoms with Crippen LogP contribution in [0.4, 0.5) is 0 Å². The summed E-state index contributed by atoms with van der Waals surface area (Å²) in [4.78, 5) is 24.4. The lowest BCUT2D eigenvalue weighted by Crippen LogP contribution is -2.39. The van der Waals surface area contributed by atoms with Crippen LogP contribution < -0.4 is 5.32 Å². The van der Waals surface area contributed by atoms with E-state index in [1.807, 2.05) is 13.8 Å². The Labute approximate surface area is 103 Å². The number of ether oxygens (including phenoxy) is 1. The molecule has 1 N–H and O–H groups in total. The van der Waals surface area contributed by atoms with Gasteiger partial charge in [0.25, 0.3) is 0 Å². The first-order valence-corrected chi connectivity index (χ1v) is 5.96. The normalized spacial score (nSPS) is 11.1. The predicted molar refractivity (Wildman–Crippen MR) is 66.6 cm³/mol. The topological polar surface area (TPSA) is 58.6 Å². The molecule has 0 spiro atoms. The standard InChI is InChI=1S/C12H24N2O3/c1-9(2)6-13-11(15)7-14(5)8-12(16)17-10(3)4/h9-10H,6-8H2,1-5H3,(H,13,15). The number of hydrogen-bond donors (Lipinski definition) is 1. The van der Waals surface area contributed by atoms with E-state index in [4.69, 9.17) is 4.74 Å². The van der Waals surface area contributed by atoms with Crippen molar-refractivity contribution in [3.63, 3.8) is 0 Å². The van der Waals surface area contributed by atoms with E-state index in [2.05, 4.69) is 5.32 Å². The molecular formula is C12H24N2O3. The van der Waals surface area contributed by atoms with Gasteiger partial charge in [0.1, 0.15) is 0 Å². The largest absolute Gasteiger partial charge is 0.462 e. The van der Waals surface area contributed by atoms with Gasteiger partial charge in [0, 0.05) is 6.54 Å². The van der Waals surface area contributed by atoms with Crippen molar-refractivity contribution in [1.29, 1.82) is 0 Å². The fraction of sp³-hybridized carbons (Fsp3) is 0.833. The van der Waals surface area contributed by atoms with Crippen LogP contribution >= 0.6 is 0 Å². The molecule has 0 rings (SSSR count). The number of carbonyl (C=O) groups excluding carboxylic acids is 2. The van der Waals surface area contributed by atoms with Crippen molar-refractivity contribution in [1.82, 2.24) is 10.2 Å². The molecule has 0 aromatic rings. The molecule has 0 atom stereocenters. The Morgan fingerprint density at radius 3 is 2.24 bits per heavy atom.